The topological polar surface area (TPSA) is 61.9 Å². The maximum absolute atomic E-state index is 12.4. The van der Waals surface area contributed by atoms with E-state index in [-0.39, 0.29) is 11.3 Å². The summed E-state index contributed by atoms with van der Waals surface area (Å²) in [4.78, 5) is 19.1. The summed E-state index contributed by atoms with van der Waals surface area (Å²) < 4.78 is 0. The average Bonchev–Trinajstić information content (AvgIpc) is 3.17. The van der Waals surface area contributed by atoms with Crippen LogP contribution >= 0.6 is 0 Å². The molecule has 2 aromatic rings. The third-order valence-corrected chi connectivity index (χ3v) is 4.30. The highest BCUT2D eigenvalue weighted by Gasteiger charge is 2.32. The lowest BCUT2D eigenvalue weighted by Gasteiger charge is -2.25. The Morgan fingerprint density at radius 1 is 1.35 bits per heavy atom. The first-order valence-electron chi connectivity index (χ1n) is 8.18. The van der Waals surface area contributed by atoms with Gasteiger partial charge in [0.1, 0.15) is 0 Å². The van der Waals surface area contributed by atoms with Crippen molar-refractivity contribution >= 4 is 5.91 Å². The molecule has 1 saturated heterocycles. The zero-order chi connectivity index (χ0) is 16.4. The van der Waals surface area contributed by atoms with Crippen LogP contribution < -0.4 is 0 Å². The first kappa shape index (κ1) is 15.7. The summed E-state index contributed by atoms with van der Waals surface area (Å²) in [5.74, 6) is 0.741. The van der Waals surface area contributed by atoms with Gasteiger partial charge in [0.25, 0.3) is 0 Å². The second-order valence-electron chi connectivity index (χ2n) is 7.34. The molecular weight excluding hydrogens is 288 g/mol. The maximum Gasteiger partial charge on any atom is 0.227 e. The van der Waals surface area contributed by atoms with Gasteiger partial charge in [-0.2, -0.15) is 5.10 Å². The number of pyridine rings is 1. The molecule has 2 aromatic heterocycles. The fraction of sp³-hybridized carbons (Fsp3) is 0.500. The molecule has 0 bridgehead atoms. The molecule has 1 atom stereocenters. The van der Waals surface area contributed by atoms with E-state index in [1.807, 2.05) is 43.9 Å². The van der Waals surface area contributed by atoms with E-state index in [4.69, 9.17) is 4.98 Å². The smallest absolute Gasteiger partial charge is 0.227 e. The van der Waals surface area contributed by atoms with Crippen molar-refractivity contribution in [1.82, 2.24) is 20.1 Å². The third kappa shape index (κ3) is 3.60. The van der Waals surface area contributed by atoms with Crippen molar-refractivity contribution in [1.29, 1.82) is 0 Å². The van der Waals surface area contributed by atoms with Crippen molar-refractivity contribution in [3.05, 3.63) is 36.2 Å². The predicted molar refractivity (Wildman–Crippen MR) is 89.7 cm³/mol. The Labute approximate surface area is 137 Å². The van der Waals surface area contributed by atoms with E-state index < -0.39 is 0 Å². The van der Waals surface area contributed by atoms with Crippen molar-refractivity contribution in [2.45, 2.75) is 33.6 Å². The number of carbonyl (C=O) groups excluding carboxylic acids is 1. The Hall–Kier alpha value is -2.17. The fourth-order valence-electron chi connectivity index (χ4n) is 3.10. The quantitative estimate of drug-likeness (QED) is 0.948. The van der Waals surface area contributed by atoms with Gasteiger partial charge in [-0.05, 0) is 37.0 Å². The van der Waals surface area contributed by atoms with Crippen molar-refractivity contribution in [2.24, 2.45) is 11.3 Å². The van der Waals surface area contributed by atoms with Crippen molar-refractivity contribution in [2.75, 3.05) is 13.1 Å². The Bertz CT molecular complexity index is 673. The molecule has 0 radical (unpaired) electrons. The number of nitrogens with one attached hydrogen (secondary N) is 1. The molecular formula is C18H24N4O. The van der Waals surface area contributed by atoms with Gasteiger partial charge in [-0.3, -0.25) is 14.9 Å². The van der Waals surface area contributed by atoms with Gasteiger partial charge in [0, 0.05) is 30.4 Å². The molecule has 1 unspecified atom stereocenters. The summed E-state index contributed by atoms with van der Waals surface area (Å²) in [5.41, 5.74) is 2.63. The Morgan fingerprint density at radius 3 is 2.87 bits per heavy atom. The molecule has 1 aliphatic heterocycles. The van der Waals surface area contributed by atoms with Gasteiger partial charge in [-0.25, -0.2) is 0 Å². The number of hydrogen-bond donors (Lipinski definition) is 1. The Kier molecular flexibility index (Phi) is 4.20. The lowest BCUT2D eigenvalue weighted by Crippen LogP contribution is -2.38. The summed E-state index contributed by atoms with van der Waals surface area (Å²) in [6, 6.07) is 8.01. The molecule has 5 heteroatoms. The van der Waals surface area contributed by atoms with Gasteiger partial charge in [0.15, 0.2) is 0 Å². The van der Waals surface area contributed by atoms with E-state index in [0.717, 1.165) is 43.0 Å². The van der Waals surface area contributed by atoms with E-state index in [0.29, 0.717) is 5.92 Å². The van der Waals surface area contributed by atoms with Gasteiger partial charge >= 0.3 is 0 Å². The number of aromatic amines is 1. The minimum atomic E-state index is -0.298. The second kappa shape index (κ2) is 6.14. The number of amides is 1. The van der Waals surface area contributed by atoms with Gasteiger partial charge in [0.2, 0.25) is 5.91 Å². The number of carbonyl (C=O) groups is 1. The molecule has 0 aromatic carbocycles. The number of hydrogen-bond acceptors (Lipinski definition) is 3. The first-order chi connectivity index (χ1) is 10.9. The normalized spacial score (nSPS) is 18.4. The zero-order valence-electron chi connectivity index (χ0n) is 14.0. The molecule has 1 aliphatic rings. The van der Waals surface area contributed by atoms with E-state index in [2.05, 4.69) is 16.3 Å². The molecule has 0 saturated carbocycles. The molecule has 0 spiro atoms. The largest absolute Gasteiger partial charge is 0.342 e. The molecule has 5 nitrogen and oxygen atoms in total. The minimum absolute atomic E-state index is 0.249. The predicted octanol–water partition coefficient (Wildman–Crippen LogP) is 2.91. The minimum Gasteiger partial charge on any atom is -0.342 e. The lowest BCUT2D eigenvalue weighted by molar-refractivity contribution is -0.138. The van der Waals surface area contributed by atoms with Crippen LogP contribution in [0.1, 0.15) is 32.9 Å². The van der Waals surface area contributed by atoms with Gasteiger partial charge in [-0.15, -0.1) is 0 Å². The first-order valence-corrected chi connectivity index (χ1v) is 8.18. The van der Waals surface area contributed by atoms with Crippen molar-refractivity contribution < 1.29 is 4.79 Å². The van der Waals surface area contributed by atoms with E-state index in [1.54, 1.807) is 6.20 Å². The van der Waals surface area contributed by atoms with E-state index in [9.17, 15) is 4.79 Å². The van der Waals surface area contributed by atoms with Crippen LogP contribution in [0.2, 0.25) is 0 Å². The number of nitrogens with zero attached hydrogens (tertiary/aromatic N) is 3. The Balaban J connectivity index is 1.65. The summed E-state index contributed by atoms with van der Waals surface area (Å²) in [6.45, 7) is 7.65. The van der Waals surface area contributed by atoms with Crippen LogP contribution in [0.3, 0.4) is 0 Å². The monoisotopic (exact) mass is 312 g/mol. The van der Waals surface area contributed by atoms with Gasteiger partial charge in [-0.1, -0.05) is 26.8 Å². The van der Waals surface area contributed by atoms with Crippen LogP contribution in [-0.2, 0) is 11.2 Å². The lowest BCUT2D eigenvalue weighted by atomic mass is 9.95. The standard InChI is InChI=1S/C18H24N4O/c1-18(2,3)17(23)22-10-8-13(12-22)11-14-5-4-6-15(20-14)16-7-9-19-21-16/h4-7,9,13H,8,10-12H2,1-3H3,(H,19,21). The highest BCUT2D eigenvalue weighted by molar-refractivity contribution is 5.81. The highest BCUT2D eigenvalue weighted by atomic mass is 16.2. The zero-order valence-corrected chi connectivity index (χ0v) is 14.0. The van der Waals surface area contributed by atoms with Gasteiger partial charge < -0.3 is 4.90 Å². The second-order valence-corrected chi connectivity index (χ2v) is 7.34. The van der Waals surface area contributed by atoms with E-state index in [1.165, 1.54) is 0 Å². The summed E-state index contributed by atoms with van der Waals surface area (Å²) in [7, 11) is 0. The average molecular weight is 312 g/mol. The number of H-pyrrole nitrogens is 1. The maximum atomic E-state index is 12.4. The Morgan fingerprint density at radius 2 is 2.17 bits per heavy atom. The van der Waals surface area contributed by atoms with Crippen LogP contribution in [0.25, 0.3) is 11.4 Å². The summed E-state index contributed by atoms with van der Waals surface area (Å²) in [6.07, 6.45) is 3.70. The molecule has 1 N–H and O–H groups in total. The van der Waals surface area contributed by atoms with Crippen molar-refractivity contribution in [3.63, 3.8) is 0 Å². The summed E-state index contributed by atoms with van der Waals surface area (Å²) >= 11 is 0. The van der Waals surface area contributed by atoms with Crippen LogP contribution in [0.4, 0.5) is 0 Å². The molecule has 23 heavy (non-hydrogen) atoms. The highest BCUT2D eigenvalue weighted by Crippen LogP contribution is 2.26. The number of rotatable bonds is 3. The van der Waals surface area contributed by atoms with Crippen molar-refractivity contribution in [3.8, 4) is 11.4 Å². The molecule has 122 valence electrons. The third-order valence-electron chi connectivity index (χ3n) is 4.30. The van der Waals surface area contributed by atoms with Crippen LogP contribution in [-0.4, -0.2) is 39.1 Å². The van der Waals surface area contributed by atoms with Gasteiger partial charge in [0.05, 0.1) is 11.4 Å². The summed E-state index contributed by atoms with van der Waals surface area (Å²) in [5, 5.41) is 6.92. The van der Waals surface area contributed by atoms with Crippen LogP contribution in [0.15, 0.2) is 30.5 Å². The van der Waals surface area contributed by atoms with Crippen LogP contribution in [0.5, 0.6) is 0 Å². The molecule has 0 aliphatic carbocycles. The molecule has 1 fully saturated rings. The molecule has 3 heterocycles. The molecule has 1 amide bonds. The van der Waals surface area contributed by atoms with E-state index >= 15 is 0 Å². The SMILES string of the molecule is CC(C)(C)C(=O)N1CCC(Cc2cccc(-c3ccn[nH]3)n2)C1. The molecule has 3 rings (SSSR count). The number of aromatic nitrogens is 3. The fourth-order valence-corrected chi connectivity index (χ4v) is 3.10. The number of likely N-dealkylation sites (tertiary alicyclic amines) is 1. The van der Waals surface area contributed by atoms with Crippen LogP contribution in [0, 0.1) is 11.3 Å².